The molecule has 0 aliphatic carbocycles. The highest BCUT2D eigenvalue weighted by molar-refractivity contribution is 4.75. The van der Waals surface area contributed by atoms with Gasteiger partial charge in [0, 0.05) is 12.6 Å². The fraction of sp³-hybridized carbons (Fsp3) is 1.00. The maximum atomic E-state index is 6.12. The van der Waals surface area contributed by atoms with Crippen LogP contribution in [0.1, 0.15) is 85.5 Å². The van der Waals surface area contributed by atoms with Crippen molar-refractivity contribution >= 4 is 0 Å². The monoisotopic (exact) mass is 271 g/mol. The molecule has 0 saturated heterocycles. The second-order valence-corrected chi connectivity index (χ2v) is 5.58. The minimum absolute atomic E-state index is 0.401. The SMILES string of the molecule is CCCCCCCOC(CC)C(CCC)NCCC. The summed E-state index contributed by atoms with van der Waals surface area (Å²) in [6.45, 7) is 11.1. The van der Waals surface area contributed by atoms with Crippen LogP contribution in [0.2, 0.25) is 0 Å². The van der Waals surface area contributed by atoms with Gasteiger partial charge in [0.05, 0.1) is 6.10 Å². The molecule has 0 rings (SSSR count). The van der Waals surface area contributed by atoms with Gasteiger partial charge in [-0.2, -0.15) is 0 Å². The minimum atomic E-state index is 0.401. The van der Waals surface area contributed by atoms with Crippen LogP contribution < -0.4 is 5.32 Å². The van der Waals surface area contributed by atoms with Crippen LogP contribution in [0.3, 0.4) is 0 Å². The number of unbranched alkanes of at least 4 members (excludes halogenated alkanes) is 4. The Morgan fingerprint density at radius 2 is 1.58 bits per heavy atom. The molecule has 0 aromatic rings. The Bertz CT molecular complexity index is 173. The summed E-state index contributed by atoms with van der Waals surface area (Å²) in [6.07, 6.45) is 11.8. The van der Waals surface area contributed by atoms with Crippen molar-refractivity contribution in [2.75, 3.05) is 13.2 Å². The van der Waals surface area contributed by atoms with E-state index in [0.29, 0.717) is 12.1 Å². The fourth-order valence-corrected chi connectivity index (χ4v) is 2.52. The van der Waals surface area contributed by atoms with E-state index in [4.69, 9.17) is 4.74 Å². The van der Waals surface area contributed by atoms with Gasteiger partial charge in [-0.1, -0.05) is 59.8 Å². The Morgan fingerprint density at radius 3 is 2.16 bits per heavy atom. The third-order valence-electron chi connectivity index (χ3n) is 3.69. The summed E-state index contributed by atoms with van der Waals surface area (Å²) < 4.78 is 6.12. The molecule has 0 heterocycles. The standard InChI is InChI=1S/C17H37NO/c1-5-9-10-11-12-15-19-17(8-4)16(13-6-2)18-14-7-3/h16-18H,5-15H2,1-4H3. The Labute approximate surface area is 121 Å². The van der Waals surface area contributed by atoms with Crippen LogP contribution in [0.15, 0.2) is 0 Å². The van der Waals surface area contributed by atoms with Gasteiger partial charge in [0.15, 0.2) is 0 Å². The maximum Gasteiger partial charge on any atom is 0.0725 e. The lowest BCUT2D eigenvalue weighted by Crippen LogP contribution is -2.41. The molecule has 0 aliphatic rings. The van der Waals surface area contributed by atoms with Gasteiger partial charge in [0.2, 0.25) is 0 Å². The van der Waals surface area contributed by atoms with Crippen molar-refractivity contribution in [1.29, 1.82) is 0 Å². The van der Waals surface area contributed by atoms with E-state index in [9.17, 15) is 0 Å². The molecule has 2 unspecified atom stereocenters. The van der Waals surface area contributed by atoms with Crippen LogP contribution >= 0.6 is 0 Å². The van der Waals surface area contributed by atoms with Crippen LogP contribution in [0, 0.1) is 0 Å². The second-order valence-electron chi connectivity index (χ2n) is 5.58. The van der Waals surface area contributed by atoms with Gasteiger partial charge in [0.1, 0.15) is 0 Å². The number of nitrogens with one attached hydrogen (secondary N) is 1. The van der Waals surface area contributed by atoms with Gasteiger partial charge < -0.3 is 10.1 Å². The molecule has 116 valence electrons. The van der Waals surface area contributed by atoms with Gasteiger partial charge in [-0.15, -0.1) is 0 Å². The van der Waals surface area contributed by atoms with Gasteiger partial charge in [-0.3, -0.25) is 0 Å². The molecule has 1 N–H and O–H groups in total. The highest BCUT2D eigenvalue weighted by atomic mass is 16.5. The quantitative estimate of drug-likeness (QED) is 0.453. The minimum Gasteiger partial charge on any atom is -0.377 e. The van der Waals surface area contributed by atoms with E-state index >= 15 is 0 Å². The molecular weight excluding hydrogens is 234 g/mol. The smallest absolute Gasteiger partial charge is 0.0725 e. The van der Waals surface area contributed by atoms with Crippen molar-refractivity contribution in [1.82, 2.24) is 5.32 Å². The first-order valence-corrected chi connectivity index (χ1v) is 8.64. The second kappa shape index (κ2) is 14.3. The zero-order valence-electron chi connectivity index (χ0n) is 13.8. The molecule has 19 heavy (non-hydrogen) atoms. The topological polar surface area (TPSA) is 21.3 Å². The van der Waals surface area contributed by atoms with Gasteiger partial charge in [0.25, 0.3) is 0 Å². The molecule has 0 fully saturated rings. The zero-order valence-corrected chi connectivity index (χ0v) is 13.8. The predicted octanol–water partition coefficient (Wildman–Crippen LogP) is 4.92. The van der Waals surface area contributed by atoms with Crippen molar-refractivity contribution in [3.63, 3.8) is 0 Å². The summed E-state index contributed by atoms with van der Waals surface area (Å²) in [4.78, 5) is 0. The average Bonchev–Trinajstić information content (AvgIpc) is 2.43. The average molecular weight is 271 g/mol. The first-order valence-electron chi connectivity index (χ1n) is 8.64. The molecule has 0 saturated carbocycles. The molecule has 0 aromatic heterocycles. The summed E-state index contributed by atoms with van der Waals surface area (Å²) in [5, 5.41) is 3.66. The van der Waals surface area contributed by atoms with Crippen molar-refractivity contribution in [3.8, 4) is 0 Å². The molecule has 0 bridgehead atoms. The Morgan fingerprint density at radius 1 is 0.842 bits per heavy atom. The lowest BCUT2D eigenvalue weighted by atomic mass is 10.0. The van der Waals surface area contributed by atoms with Crippen LogP contribution in [-0.4, -0.2) is 25.3 Å². The van der Waals surface area contributed by atoms with E-state index in [-0.39, 0.29) is 0 Å². The van der Waals surface area contributed by atoms with E-state index in [1.165, 1.54) is 51.4 Å². The van der Waals surface area contributed by atoms with Gasteiger partial charge >= 0.3 is 0 Å². The number of rotatable bonds is 14. The van der Waals surface area contributed by atoms with Gasteiger partial charge in [-0.25, -0.2) is 0 Å². The molecule has 0 amide bonds. The highest BCUT2D eigenvalue weighted by Gasteiger charge is 2.18. The van der Waals surface area contributed by atoms with E-state index in [1.54, 1.807) is 0 Å². The number of hydrogen-bond donors (Lipinski definition) is 1. The first-order chi connectivity index (χ1) is 9.29. The third kappa shape index (κ3) is 10.4. The normalized spacial score (nSPS) is 14.5. The van der Waals surface area contributed by atoms with Crippen molar-refractivity contribution in [3.05, 3.63) is 0 Å². The van der Waals surface area contributed by atoms with E-state index < -0.39 is 0 Å². The van der Waals surface area contributed by atoms with Crippen molar-refractivity contribution in [2.45, 2.75) is 97.6 Å². The first kappa shape index (κ1) is 18.9. The van der Waals surface area contributed by atoms with Gasteiger partial charge in [-0.05, 0) is 32.2 Å². The molecule has 2 heteroatoms. The summed E-state index contributed by atoms with van der Waals surface area (Å²) in [5.41, 5.74) is 0. The summed E-state index contributed by atoms with van der Waals surface area (Å²) in [7, 11) is 0. The summed E-state index contributed by atoms with van der Waals surface area (Å²) in [5.74, 6) is 0. The molecule has 0 radical (unpaired) electrons. The van der Waals surface area contributed by atoms with Crippen LogP contribution in [-0.2, 0) is 4.74 Å². The maximum absolute atomic E-state index is 6.12. The van der Waals surface area contributed by atoms with Crippen LogP contribution in [0.25, 0.3) is 0 Å². The zero-order chi connectivity index (χ0) is 14.3. The molecule has 0 spiro atoms. The van der Waals surface area contributed by atoms with E-state index in [1.807, 2.05) is 0 Å². The fourth-order valence-electron chi connectivity index (χ4n) is 2.52. The lowest BCUT2D eigenvalue weighted by molar-refractivity contribution is 0.0194. The third-order valence-corrected chi connectivity index (χ3v) is 3.69. The highest BCUT2D eigenvalue weighted by Crippen LogP contribution is 2.12. The molecular formula is C17H37NO. The Balaban J connectivity index is 3.85. The van der Waals surface area contributed by atoms with Crippen molar-refractivity contribution in [2.24, 2.45) is 0 Å². The molecule has 2 atom stereocenters. The number of hydrogen-bond acceptors (Lipinski definition) is 2. The van der Waals surface area contributed by atoms with Crippen LogP contribution in [0.4, 0.5) is 0 Å². The predicted molar refractivity (Wildman–Crippen MR) is 85.8 cm³/mol. The number of ether oxygens (including phenoxy) is 1. The molecule has 0 aromatic carbocycles. The van der Waals surface area contributed by atoms with Crippen LogP contribution in [0.5, 0.6) is 0 Å². The Hall–Kier alpha value is -0.0800. The summed E-state index contributed by atoms with van der Waals surface area (Å²) in [6, 6.07) is 0.547. The molecule has 2 nitrogen and oxygen atoms in total. The lowest BCUT2D eigenvalue weighted by Gasteiger charge is -2.27. The summed E-state index contributed by atoms with van der Waals surface area (Å²) >= 11 is 0. The Kier molecular flexibility index (Phi) is 14.3. The largest absolute Gasteiger partial charge is 0.377 e. The van der Waals surface area contributed by atoms with E-state index in [2.05, 4.69) is 33.0 Å². The van der Waals surface area contributed by atoms with Crippen molar-refractivity contribution < 1.29 is 4.74 Å². The van der Waals surface area contributed by atoms with E-state index in [0.717, 1.165) is 19.6 Å². The molecule has 0 aliphatic heterocycles.